The summed E-state index contributed by atoms with van der Waals surface area (Å²) in [5.41, 5.74) is 3.32. The van der Waals surface area contributed by atoms with Crippen molar-refractivity contribution in [2.75, 3.05) is 19.0 Å². The van der Waals surface area contributed by atoms with Gasteiger partial charge in [-0.15, -0.1) is 5.10 Å². The molecule has 0 aliphatic heterocycles. The molecule has 3 aromatic heterocycles. The summed E-state index contributed by atoms with van der Waals surface area (Å²) < 4.78 is 7.23. The normalized spacial score (nSPS) is 21.5. The molecule has 0 radical (unpaired) electrons. The fourth-order valence-corrected chi connectivity index (χ4v) is 4.33. The minimum Gasteiger partial charge on any atom is -0.480 e. The number of rotatable bonds is 5. The smallest absolute Gasteiger partial charge is 0.241 e. The van der Waals surface area contributed by atoms with E-state index in [1.54, 1.807) is 7.11 Å². The lowest BCUT2D eigenvalue weighted by Crippen LogP contribution is -2.32. The summed E-state index contributed by atoms with van der Waals surface area (Å²) in [5.74, 6) is 1.71. The van der Waals surface area contributed by atoms with Crippen LogP contribution < -0.4 is 10.1 Å². The molecule has 1 aliphatic rings. The molecule has 4 aromatic rings. The van der Waals surface area contributed by atoms with Crippen molar-refractivity contribution in [3.8, 4) is 17.0 Å². The van der Waals surface area contributed by atoms with Crippen LogP contribution in [0.25, 0.3) is 27.5 Å². The van der Waals surface area contributed by atoms with E-state index in [4.69, 9.17) is 4.74 Å². The monoisotopic (exact) mass is 418 g/mol. The fourth-order valence-electron chi connectivity index (χ4n) is 4.33. The molecule has 0 atom stereocenters. The summed E-state index contributed by atoms with van der Waals surface area (Å²) in [4.78, 5) is 13.0. The first kappa shape index (κ1) is 19.7. The van der Waals surface area contributed by atoms with Gasteiger partial charge in [-0.05, 0) is 62.3 Å². The number of hydrogen-bond donors (Lipinski definition) is 2. The molecule has 31 heavy (non-hydrogen) atoms. The lowest BCUT2D eigenvalue weighted by atomic mass is 9.80. The van der Waals surface area contributed by atoms with E-state index >= 15 is 0 Å². The highest BCUT2D eigenvalue weighted by Crippen LogP contribution is 2.32. The van der Waals surface area contributed by atoms with Crippen LogP contribution in [0, 0.1) is 5.92 Å². The molecule has 1 fully saturated rings. The van der Waals surface area contributed by atoms with Gasteiger partial charge in [-0.2, -0.15) is 0 Å². The van der Waals surface area contributed by atoms with Gasteiger partial charge < -0.3 is 15.2 Å². The third kappa shape index (κ3) is 3.90. The summed E-state index contributed by atoms with van der Waals surface area (Å²) in [6, 6.07) is 8.08. The van der Waals surface area contributed by atoms with E-state index in [0.29, 0.717) is 17.7 Å². The molecule has 0 unspecified atom stereocenters. The minimum atomic E-state index is -0.508. The number of methoxy groups -OCH3 is 1. The van der Waals surface area contributed by atoms with Crippen LogP contribution >= 0.6 is 0 Å². The number of hydrogen-bond acceptors (Lipinski definition) is 7. The maximum Gasteiger partial charge on any atom is 0.241 e. The number of anilines is 1. The van der Waals surface area contributed by atoms with Gasteiger partial charge in [0.1, 0.15) is 6.33 Å². The molecule has 1 saturated carbocycles. The van der Waals surface area contributed by atoms with E-state index in [0.717, 1.165) is 59.8 Å². The Balaban J connectivity index is 1.37. The predicted molar refractivity (Wildman–Crippen MR) is 119 cm³/mol. The van der Waals surface area contributed by atoms with Gasteiger partial charge in [-0.25, -0.2) is 19.5 Å². The molecule has 1 aliphatic carbocycles. The lowest BCUT2D eigenvalue weighted by Gasteiger charge is -2.33. The van der Waals surface area contributed by atoms with Crippen molar-refractivity contribution < 1.29 is 9.84 Å². The van der Waals surface area contributed by atoms with Gasteiger partial charge in [0.15, 0.2) is 0 Å². The van der Waals surface area contributed by atoms with E-state index in [-0.39, 0.29) is 0 Å². The van der Waals surface area contributed by atoms with Crippen LogP contribution in [0.5, 0.6) is 5.88 Å². The SMILES string of the molecule is COc1ncnc2ccc(-c3ccn4nc(NCC5CCC(C)(O)CC5)ncc34)cc12. The van der Waals surface area contributed by atoms with Gasteiger partial charge in [0, 0.05) is 18.3 Å². The highest BCUT2D eigenvalue weighted by atomic mass is 16.5. The highest BCUT2D eigenvalue weighted by molar-refractivity contribution is 5.91. The average molecular weight is 419 g/mol. The molecule has 8 heteroatoms. The Labute approximate surface area is 180 Å². The van der Waals surface area contributed by atoms with E-state index in [9.17, 15) is 5.11 Å². The molecule has 0 amide bonds. The van der Waals surface area contributed by atoms with E-state index in [1.165, 1.54) is 6.33 Å². The Kier molecular flexibility index (Phi) is 4.94. The number of fused-ring (bicyclic) bond motifs is 2. The molecule has 1 aromatic carbocycles. The maximum absolute atomic E-state index is 10.1. The third-order valence-electron chi connectivity index (χ3n) is 6.25. The molecule has 0 spiro atoms. The second-order valence-corrected chi connectivity index (χ2v) is 8.58. The summed E-state index contributed by atoms with van der Waals surface area (Å²) in [5, 5.41) is 19.0. The topological polar surface area (TPSA) is 97.5 Å². The second kappa shape index (κ2) is 7.77. The van der Waals surface area contributed by atoms with Gasteiger partial charge in [-0.3, -0.25) is 0 Å². The van der Waals surface area contributed by atoms with Crippen molar-refractivity contribution in [3.63, 3.8) is 0 Å². The molecule has 0 bridgehead atoms. The number of ether oxygens (including phenoxy) is 1. The molecule has 2 N–H and O–H groups in total. The number of nitrogens with one attached hydrogen (secondary N) is 1. The van der Waals surface area contributed by atoms with Gasteiger partial charge in [0.25, 0.3) is 0 Å². The zero-order valence-electron chi connectivity index (χ0n) is 17.7. The number of benzene rings is 1. The summed E-state index contributed by atoms with van der Waals surface area (Å²) in [6.07, 6.45) is 9.03. The summed E-state index contributed by atoms with van der Waals surface area (Å²) >= 11 is 0. The summed E-state index contributed by atoms with van der Waals surface area (Å²) in [7, 11) is 1.61. The predicted octanol–water partition coefficient (Wildman–Crippen LogP) is 3.70. The van der Waals surface area contributed by atoms with Gasteiger partial charge >= 0.3 is 0 Å². The largest absolute Gasteiger partial charge is 0.480 e. The number of aliphatic hydroxyl groups is 1. The van der Waals surface area contributed by atoms with Crippen molar-refractivity contribution in [1.82, 2.24) is 24.6 Å². The molecule has 0 saturated heterocycles. The number of aromatic nitrogens is 5. The Morgan fingerprint density at radius 1 is 1.19 bits per heavy atom. The zero-order chi connectivity index (χ0) is 21.4. The Morgan fingerprint density at radius 3 is 2.84 bits per heavy atom. The maximum atomic E-state index is 10.1. The molecule has 5 rings (SSSR count). The first-order valence-electron chi connectivity index (χ1n) is 10.6. The first-order valence-corrected chi connectivity index (χ1v) is 10.6. The Morgan fingerprint density at radius 2 is 2.03 bits per heavy atom. The van der Waals surface area contributed by atoms with E-state index < -0.39 is 5.60 Å². The van der Waals surface area contributed by atoms with Crippen LogP contribution in [0.1, 0.15) is 32.6 Å². The average Bonchev–Trinajstić information content (AvgIpc) is 3.21. The van der Waals surface area contributed by atoms with Crippen LogP contribution in [0.15, 0.2) is 43.0 Å². The highest BCUT2D eigenvalue weighted by Gasteiger charge is 2.28. The lowest BCUT2D eigenvalue weighted by molar-refractivity contribution is 0.00975. The number of nitrogens with zero attached hydrogens (tertiary/aromatic N) is 5. The van der Waals surface area contributed by atoms with E-state index in [2.05, 4.69) is 25.4 Å². The standard InChI is InChI=1S/C23H26N6O2/c1-23(30)8-5-15(6-9-23)12-24-22-25-13-20-17(7-10-29(20)28-22)16-3-4-19-18(11-16)21(31-2)27-14-26-19/h3-4,7,10-11,13-15,30H,5-6,8-9,12H2,1-2H3,(H,24,28). The Bertz CT molecular complexity index is 1230. The van der Waals surface area contributed by atoms with Crippen molar-refractivity contribution >= 4 is 22.4 Å². The van der Waals surface area contributed by atoms with Gasteiger partial charge in [0.05, 0.1) is 35.3 Å². The van der Waals surface area contributed by atoms with Crippen molar-refractivity contribution in [1.29, 1.82) is 0 Å². The Hall–Kier alpha value is -3.26. The second-order valence-electron chi connectivity index (χ2n) is 8.58. The molecular weight excluding hydrogens is 392 g/mol. The van der Waals surface area contributed by atoms with Crippen LogP contribution in [-0.2, 0) is 0 Å². The zero-order valence-corrected chi connectivity index (χ0v) is 17.7. The quantitative estimate of drug-likeness (QED) is 0.510. The molecule has 3 heterocycles. The molecular formula is C23H26N6O2. The van der Waals surface area contributed by atoms with E-state index in [1.807, 2.05) is 48.1 Å². The third-order valence-corrected chi connectivity index (χ3v) is 6.25. The van der Waals surface area contributed by atoms with Crippen molar-refractivity contribution in [2.24, 2.45) is 5.92 Å². The van der Waals surface area contributed by atoms with Crippen LogP contribution in [-0.4, -0.2) is 48.9 Å². The first-order chi connectivity index (χ1) is 15.0. The van der Waals surface area contributed by atoms with Gasteiger partial charge in [-0.1, -0.05) is 6.07 Å². The molecule has 8 nitrogen and oxygen atoms in total. The van der Waals surface area contributed by atoms with Crippen LogP contribution in [0.2, 0.25) is 0 Å². The van der Waals surface area contributed by atoms with Crippen molar-refractivity contribution in [3.05, 3.63) is 43.0 Å². The van der Waals surface area contributed by atoms with Gasteiger partial charge in [0.2, 0.25) is 11.8 Å². The van der Waals surface area contributed by atoms with Crippen molar-refractivity contribution in [2.45, 2.75) is 38.2 Å². The minimum absolute atomic E-state index is 0.508. The molecule has 160 valence electrons. The van der Waals surface area contributed by atoms with Crippen LogP contribution in [0.3, 0.4) is 0 Å². The van der Waals surface area contributed by atoms with Crippen LogP contribution in [0.4, 0.5) is 5.95 Å². The summed E-state index contributed by atoms with van der Waals surface area (Å²) in [6.45, 7) is 2.75. The fraction of sp³-hybridized carbons (Fsp3) is 0.391.